The van der Waals surface area contributed by atoms with E-state index in [1.165, 1.54) is 0 Å². The van der Waals surface area contributed by atoms with Gasteiger partial charge in [-0.3, -0.25) is 4.79 Å². The maximum Gasteiger partial charge on any atom is 0.333 e. The van der Waals surface area contributed by atoms with E-state index in [1.807, 2.05) is 11.8 Å². The third-order valence-electron chi connectivity index (χ3n) is 5.19. The van der Waals surface area contributed by atoms with Gasteiger partial charge in [0, 0.05) is 23.3 Å². The summed E-state index contributed by atoms with van der Waals surface area (Å²) in [5.41, 5.74) is 2.91. The van der Waals surface area contributed by atoms with Crippen molar-refractivity contribution in [2.75, 3.05) is 36.5 Å². The molecular weight excluding hydrogens is 520 g/mol. The Morgan fingerprint density at radius 3 is 2.26 bits per heavy atom. The molecule has 0 fully saturated rings. The van der Waals surface area contributed by atoms with Crippen LogP contribution in [0.4, 0.5) is 22.1 Å². The van der Waals surface area contributed by atoms with Gasteiger partial charge in [0.1, 0.15) is 30.5 Å². The lowest BCUT2D eigenvalue weighted by atomic mass is 10.2. The van der Waals surface area contributed by atoms with Gasteiger partial charge < -0.3 is 19.7 Å². The zero-order chi connectivity index (χ0) is 28.9. The predicted octanol–water partition coefficient (Wildman–Crippen LogP) is 5.52. The van der Waals surface area contributed by atoms with Crippen LogP contribution in [0.2, 0.25) is 0 Å². The van der Waals surface area contributed by atoms with E-state index in [-0.39, 0.29) is 43.4 Å². The van der Waals surface area contributed by atoms with Crippen molar-refractivity contribution in [3.63, 3.8) is 0 Å². The van der Waals surface area contributed by atoms with Gasteiger partial charge >= 0.3 is 11.9 Å². The number of azo groups is 1. The summed E-state index contributed by atoms with van der Waals surface area (Å²) in [5, 5.41) is 21.1. The first-order valence-electron chi connectivity index (χ1n) is 12.2. The van der Waals surface area contributed by atoms with Crippen molar-refractivity contribution in [3.05, 3.63) is 53.8 Å². The van der Waals surface area contributed by atoms with Crippen molar-refractivity contribution < 1.29 is 23.9 Å². The van der Waals surface area contributed by atoms with Crippen LogP contribution in [0.15, 0.2) is 52.7 Å². The lowest BCUT2D eigenvalue weighted by molar-refractivity contribution is -0.139. The summed E-state index contributed by atoms with van der Waals surface area (Å²) in [6.45, 7) is 14.5. The van der Waals surface area contributed by atoms with Crippen LogP contribution in [0.25, 0.3) is 0 Å². The van der Waals surface area contributed by atoms with Gasteiger partial charge in [-0.1, -0.05) is 20.1 Å². The Morgan fingerprint density at radius 2 is 1.72 bits per heavy atom. The summed E-state index contributed by atoms with van der Waals surface area (Å²) >= 11 is 1.06. The highest BCUT2D eigenvalue weighted by Crippen LogP contribution is 2.34. The molecule has 2 rings (SSSR count). The Hall–Kier alpha value is -4.37. The number of benzene rings is 1. The van der Waals surface area contributed by atoms with Gasteiger partial charge in [-0.2, -0.15) is 9.64 Å². The molecule has 1 amide bonds. The summed E-state index contributed by atoms with van der Waals surface area (Å²) < 4.78 is 14.6. The molecule has 206 valence electrons. The third kappa shape index (κ3) is 9.46. The molecule has 0 aliphatic rings. The Kier molecular flexibility index (Phi) is 12.0. The topological polar surface area (TPSA) is 146 Å². The van der Waals surface area contributed by atoms with Crippen LogP contribution in [0.5, 0.6) is 0 Å². The fourth-order valence-electron chi connectivity index (χ4n) is 3.12. The number of nitrogens with one attached hydrogen (secondary N) is 1. The van der Waals surface area contributed by atoms with Gasteiger partial charge in [0.2, 0.25) is 5.91 Å². The number of amides is 1. The van der Waals surface area contributed by atoms with Crippen molar-refractivity contribution >= 4 is 51.4 Å². The number of anilines is 2. The molecule has 0 radical (unpaired) electrons. The molecule has 0 aliphatic heterocycles. The minimum absolute atomic E-state index is 0.0563. The Morgan fingerprint density at radius 1 is 1.10 bits per heavy atom. The molecule has 0 aliphatic carbocycles. The average molecular weight is 553 g/mol. The van der Waals surface area contributed by atoms with E-state index in [0.717, 1.165) is 11.5 Å². The third-order valence-corrected chi connectivity index (χ3v) is 6.01. The minimum atomic E-state index is -0.512. The fourth-order valence-corrected chi connectivity index (χ4v) is 3.79. The number of aromatic nitrogens is 1. The summed E-state index contributed by atoms with van der Waals surface area (Å²) in [4.78, 5) is 38.0. The zero-order valence-electron chi connectivity index (χ0n) is 22.6. The number of rotatable bonds is 14. The Bertz CT molecular complexity index is 1280. The van der Waals surface area contributed by atoms with E-state index in [1.54, 1.807) is 39.0 Å². The number of aryl methyl sites for hydroxylation is 1. The molecule has 0 spiro atoms. The molecule has 1 N–H and O–H groups in total. The number of hydrogen-bond donors (Lipinski definition) is 1. The van der Waals surface area contributed by atoms with Crippen LogP contribution in [-0.2, 0) is 23.9 Å². The number of carbonyl (C=O) groups is 3. The number of hydrogen-bond acceptors (Lipinski definition) is 11. The molecular formula is C27H32N6O5S. The standard InChI is InChI=1S/C27H32N6O5S/c1-7-8-24(34)29-23-15-20(9-10-22(23)30-31-25-21(16-28)19(6)32-39-25)33(11-13-37-26(35)17(2)3)12-14-38-27(36)18(4)5/h9-10,15H,2,4,7-8,11-14H2,1,3,5-6H3,(H,29,34)/b31-30+. The largest absolute Gasteiger partial charge is 0.460 e. The van der Waals surface area contributed by atoms with Crippen molar-refractivity contribution in [3.8, 4) is 6.07 Å². The maximum absolute atomic E-state index is 12.5. The number of ether oxygens (including phenoxy) is 2. The molecule has 1 aromatic heterocycles. The first-order chi connectivity index (χ1) is 18.6. The second-order valence-corrected chi connectivity index (χ2v) is 9.33. The molecule has 2 aromatic rings. The van der Waals surface area contributed by atoms with E-state index >= 15 is 0 Å². The average Bonchev–Trinajstić information content (AvgIpc) is 3.25. The van der Waals surface area contributed by atoms with Crippen LogP contribution < -0.4 is 10.2 Å². The first-order valence-corrected chi connectivity index (χ1v) is 13.0. The summed E-state index contributed by atoms with van der Waals surface area (Å²) in [6, 6.07) is 7.22. The van der Waals surface area contributed by atoms with Crippen LogP contribution >= 0.6 is 11.5 Å². The zero-order valence-corrected chi connectivity index (χ0v) is 23.4. The second kappa shape index (κ2) is 15.1. The lowest BCUT2D eigenvalue weighted by Gasteiger charge is -2.25. The van der Waals surface area contributed by atoms with Crippen LogP contribution in [0, 0.1) is 18.3 Å². The Balaban J connectivity index is 2.38. The molecule has 0 unspecified atom stereocenters. The quantitative estimate of drug-likeness (QED) is 0.183. The molecule has 12 heteroatoms. The summed E-state index contributed by atoms with van der Waals surface area (Å²) in [7, 11) is 0. The second-order valence-electron chi connectivity index (χ2n) is 8.58. The number of nitriles is 1. The molecule has 0 bridgehead atoms. The lowest BCUT2D eigenvalue weighted by Crippen LogP contribution is -2.32. The molecule has 0 saturated carbocycles. The maximum atomic E-state index is 12.5. The number of esters is 2. The normalized spacial score (nSPS) is 10.5. The van der Waals surface area contributed by atoms with Crippen molar-refractivity contribution in [1.82, 2.24) is 4.37 Å². The Labute approximate surface area is 232 Å². The van der Waals surface area contributed by atoms with Crippen LogP contribution in [0.1, 0.15) is 44.9 Å². The molecule has 1 heterocycles. The first kappa shape index (κ1) is 30.9. The molecule has 0 atom stereocenters. The molecule has 0 saturated heterocycles. The van der Waals surface area contributed by atoms with Gasteiger partial charge in [0.05, 0.1) is 24.5 Å². The highest BCUT2D eigenvalue weighted by Gasteiger charge is 2.15. The van der Waals surface area contributed by atoms with Gasteiger partial charge in [0.15, 0.2) is 5.00 Å². The van der Waals surface area contributed by atoms with Gasteiger partial charge in [0.25, 0.3) is 0 Å². The summed E-state index contributed by atoms with van der Waals surface area (Å²) in [5.74, 6) is -1.22. The van der Waals surface area contributed by atoms with Gasteiger partial charge in [-0.25, -0.2) is 9.59 Å². The van der Waals surface area contributed by atoms with E-state index in [0.29, 0.717) is 46.2 Å². The predicted molar refractivity (Wildman–Crippen MR) is 149 cm³/mol. The highest BCUT2D eigenvalue weighted by atomic mass is 32.1. The fraction of sp³-hybridized carbons (Fsp3) is 0.370. The van der Waals surface area contributed by atoms with Crippen molar-refractivity contribution in [1.29, 1.82) is 5.26 Å². The SMILES string of the molecule is C=C(C)C(=O)OCCN(CCOC(=O)C(=C)C)c1ccc(/N=N/c2snc(C)c2C#N)c(NC(=O)CCC)c1. The van der Waals surface area contributed by atoms with Crippen molar-refractivity contribution in [2.45, 2.75) is 40.5 Å². The van der Waals surface area contributed by atoms with Gasteiger partial charge in [-0.15, -0.1) is 10.2 Å². The van der Waals surface area contributed by atoms with Gasteiger partial charge in [-0.05, 0) is 56.9 Å². The van der Waals surface area contributed by atoms with E-state index in [2.05, 4.69) is 39.1 Å². The van der Waals surface area contributed by atoms with E-state index < -0.39 is 11.9 Å². The van der Waals surface area contributed by atoms with Crippen LogP contribution in [-0.4, -0.2) is 48.5 Å². The molecule has 1 aromatic carbocycles. The smallest absolute Gasteiger partial charge is 0.333 e. The highest BCUT2D eigenvalue weighted by molar-refractivity contribution is 7.10. The molecule has 39 heavy (non-hydrogen) atoms. The van der Waals surface area contributed by atoms with Crippen LogP contribution in [0.3, 0.4) is 0 Å². The number of carbonyl (C=O) groups excluding carboxylic acids is 3. The van der Waals surface area contributed by atoms with E-state index in [9.17, 15) is 19.6 Å². The van der Waals surface area contributed by atoms with Crippen molar-refractivity contribution in [2.24, 2.45) is 10.2 Å². The number of nitrogens with zero attached hydrogens (tertiary/aromatic N) is 5. The monoisotopic (exact) mass is 552 g/mol. The minimum Gasteiger partial charge on any atom is -0.460 e. The molecule has 11 nitrogen and oxygen atoms in total. The van der Waals surface area contributed by atoms with E-state index in [4.69, 9.17) is 9.47 Å². The summed E-state index contributed by atoms with van der Waals surface area (Å²) in [6.07, 6.45) is 0.965.